The van der Waals surface area contributed by atoms with Crippen LogP contribution in [-0.4, -0.2) is 31.7 Å². The summed E-state index contributed by atoms with van der Waals surface area (Å²) in [4.78, 5) is 12.3. The summed E-state index contributed by atoms with van der Waals surface area (Å²) in [5.41, 5.74) is 3.95. The molecule has 1 amide bonds. The summed E-state index contributed by atoms with van der Waals surface area (Å²) in [6.45, 7) is 6.46. The highest BCUT2D eigenvalue weighted by atomic mass is 32.2. The summed E-state index contributed by atoms with van der Waals surface area (Å²) in [6, 6.07) is 17.5. The molecule has 0 aliphatic heterocycles. The molecule has 4 aromatic rings. The molecule has 0 aliphatic rings. The molecule has 176 valence electrons. The molecule has 2 aromatic heterocycles. The molecule has 3 N–H and O–H groups in total. The van der Waals surface area contributed by atoms with Crippen molar-refractivity contribution in [3.8, 4) is 17.0 Å². The Hall–Kier alpha value is -3.79. The molecule has 0 spiro atoms. The van der Waals surface area contributed by atoms with Crippen molar-refractivity contribution in [1.29, 1.82) is 0 Å². The Bertz CT molecular complexity index is 1250. The van der Waals surface area contributed by atoms with E-state index in [4.69, 9.17) is 15.1 Å². The van der Waals surface area contributed by atoms with Crippen molar-refractivity contribution >= 4 is 23.6 Å². The summed E-state index contributed by atoms with van der Waals surface area (Å²) < 4.78 is 12.3. The molecule has 34 heavy (non-hydrogen) atoms. The minimum Gasteiger partial charge on any atom is -0.486 e. The van der Waals surface area contributed by atoms with Gasteiger partial charge in [-0.05, 0) is 30.5 Å². The first kappa shape index (κ1) is 23.4. The Balaban J connectivity index is 1.28. The molecule has 2 aromatic carbocycles. The van der Waals surface area contributed by atoms with Crippen LogP contribution in [0.4, 0.5) is 5.88 Å². The lowest BCUT2D eigenvalue weighted by atomic mass is 10.0. The number of ether oxygens (including phenoxy) is 1. The summed E-state index contributed by atoms with van der Waals surface area (Å²) in [5, 5.41) is 15.2. The van der Waals surface area contributed by atoms with Crippen LogP contribution in [0.15, 0.2) is 64.3 Å². The number of hydrogen-bond donors (Lipinski definition) is 2. The molecular weight excluding hydrogens is 452 g/mol. The fourth-order valence-corrected chi connectivity index (χ4v) is 3.77. The lowest BCUT2D eigenvalue weighted by Crippen LogP contribution is -2.18. The number of thioether (sulfide) groups is 1. The second kappa shape index (κ2) is 10.4. The van der Waals surface area contributed by atoms with Crippen molar-refractivity contribution in [2.75, 3.05) is 16.9 Å². The predicted molar refractivity (Wildman–Crippen MR) is 131 cm³/mol. The number of amides is 1. The van der Waals surface area contributed by atoms with Crippen LogP contribution >= 0.6 is 11.8 Å². The largest absolute Gasteiger partial charge is 0.486 e. The maximum Gasteiger partial charge on any atom is 0.237 e. The van der Waals surface area contributed by atoms with Crippen molar-refractivity contribution in [1.82, 2.24) is 20.0 Å². The van der Waals surface area contributed by atoms with Gasteiger partial charge in [0.15, 0.2) is 5.82 Å². The Morgan fingerprint density at radius 3 is 2.59 bits per heavy atom. The van der Waals surface area contributed by atoms with Crippen molar-refractivity contribution in [2.24, 2.45) is 0 Å². The average Bonchev–Trinajstić information content (AvgIpc) is 3.43. The Morgan fingerprint density at radius 1 is 1.15 bits per heavy atom. The van der Waals surface area contributed by atoms with Crippen molar-refractivity contribution < 1.29 is 14.1 Å². The van der Waals surface area contributed by atoms with Gasteiger partial charge in [0.25, 0.3) is 0 Å². The van der Waals surface area contributed by atoms with Crippen molar-refractivity contribution in [3.05, 3.63) is 71.5 Å². The molecule has 0 saturated heterocycles. The molecule has 10 heteroatoms. The standard InChI is InChI=1S/C24H26N6O3S/c1-15(2)17-8-10-19(11-9-17)32-13-21-27-28-24(30(21)25)34-14-22(31)26-23-12-20(29-33-23)18-6-4-16(3)5-7-18/h4-12,15H,13-14,25H2,1-3H3,(H,26,31). The second-order valence-electron chi connectivity index (χ2n) is 8.06. The lowest BCUT2D eigenvalue weighted by Gasteiger charge is -2.09. The number of anilines is 1. The Morgan fingerprint density at radius 2 is 1.88 bits per heavy atom. The van der Waals surface area contributed by atoms with Gasteiger partial charge in [0.05, 0.1) is 5.75 Å². The van der Waals surface area contributed by atoms with Crippen LogP contribution in [0.25, 0.3) is 11.3 Å². The van der Waals surface area contributed by atoms with Gasteiger partial charge in [-0.1, -0.05) is 72.7 Å². The molecule has 0 unspecified atom stereocenters. The minimum absolute atomic E-state index is 0.0768. The van der Waals surface area contributed by atoms with Crippen molar-refractivity contribution in [2.45, 2.75) is 38.5 Å². The number of nitrogen functional groups attached to an aromatic ring is 1. The van der Waals surface area contributed by atoms with E-state index in [1.54, 1.807) is 6.07 Å². The number of rotatable bonds is 9. The Kier molecular flexibility index (Phi) is 7.17. The SMILES string of the molecule is Cc1ccc(-c2cc(NC(=O)CSc3nnc(COc4ccc(C(C)C)cc4)n3N)on2)cc1. The van der Waals surface area contributed by atoms with E-state index >= 15 is 0 Å². The number of nitrogens with two attached hydrogens (primary N) is 1. The molecule has 0 fully saturated rings. The number of hydrogen-bond acceptors (Lipinski definition) is 8. The van der Waals surface area contributed by atoms with Crippen LogP contribution in [0.2, 0.25) is 0 Å². The number of aryl methyl sites for hydroxylation is 1. The zero-order valence-corrected chi connectivity index (χ0v) is 20.0. The van der Waals surface area contributed by atoms with E-state index in [2.05, 4.69) is 34.5 Å². The normalized spacial score (nSPS) is 11.1. The van der Waals surface area contributed by atoms with Gasteiger partial charge >= 0.3 is 0 Å². The molecule has 9 nitrogen and oxygen atoms in total. The van der Waals surface area contributed by atoms with Crippen LogP contribution in [-0.2, 0) is 11.4 Å². The van der Waals surface area contributed by atoms with Gasteiger partial charge in [-0.25, -0.2) is 4.68 Å². The fraction of sp³-hybridized carbons (Fsp3) is 0.250. The van der Waals surface area contributed by atoms with Crippen molar-refractivity contribution in [3.63, 3.8) is 0 Å². The number of aromatic nitrogens is 4. The zero-order valence-electron chi connectivity index (χ0n) is 19.2. The van der Waals surface area contributed by atoms with Crippen LogP contribution in [0, 0.1) is 6.92 Å². The highest BCUT2D eigenvalue weighted by molar-refractivity contribution is 7.99. The third-order valence-corrected chi connectivity index (χ3v) is 6.05. The van der Waals surface area contributed by atoms with E-state index in [1.807, 2.05) is 55.5 Å². The predicted octanol–water partition coefficient (Wildman–Crippen LogP) is 4.39. The minimum atomic E-state index is -0.275. The van der Waals surface area contributed by atoms with Gasteiger partial charge in [-0.3, -0.25) is 10.1 Å². The van der Waals surface area contributed by atoms with E-state index in [-0.39, 0.29) is 24.2 Å². The second-order valence-corrected chi connectivity index (χ2v) is 9.00. The van der Waals surface area contributed by atoms with Crippen LogP contribution in [0.1, 0.15) is 36.7 Å². The van der Waals surface area contributed by atoms with Gasteiger partial charge in [0.1, 0.15) is 18.1 Å². The van der Waals surface area contributed by atoms with Crippen LogP contribution < -0.4 is 15.9 Å². The molecule has 0 radical (unpaired) electrons. The number of nitrogens with zero attached hydrogens (tertiary/aromatic N) is 4. The first-order valence-electron chi connectivity index (χ1n) is 10.8. The first-order valence-corrected chi connectivity index (χ1v) is 11.8. The molecule has 0 bridgehead atoms. The van der Waals surface area contributed by atoms with E-state index in [9.17, 15) is 4.79 Å². The highest BCUT2D eigenvalue weighted by Gasteiger charge is 2.15. The van der Waals surface area contributed by atoms with E-state index in [0.29, 0.717) is 22.6 Å². The molecular formula is C24H26N6O3S. The smallest absolute Gasteiger partial charge is 0.237 e. The van der Waals surface area contributed by atoms with E-state index < -0.39 is 0 Å². The maximum atomic E-state index is 12.3. The number of nitrogens with one attached hydrogen (secondary N) is 1. The van der Waals surface area contributed by atoms with Gasteiger partial charge < -0.3 is 15.1 Å². The van der Waals surface area contributed by atoms with Crippen LogP contribution in [0.5, 0.6) is 5.75 Å². The molecule has 0 atom stereocenters. The topological polar surface area (TPSA) is 121 Å². The highest BCUT2D eigenvalue weighted by Crippen LogP contribution is 2.23. The number of benzene rings is 2. The number of carbonyl (C=O) groups is 1. The fourth-order valence-electron chi connectivity index (χ4n) is 3.10. The van der Waals surface area contributed by atoms with Gasteiger partial charge in [0, 0.05) is 11.6 Å². The monoisotopic (exact) mass is 478 g/mol. The summed E-state index contributed by atoms with van der Waals surface area (Å²) in [5.74, 6) is 7.78. The van der Waals surface area contributed by atoms with E-state index in [0.717, 1.165) is 28.6 Å². The van der Waals surface area contributed by atoms with Crippen LogP contribution in [0.3, 0.4) is 0 Å². The summed E-state index contributed by atoms with van der Waals surface area (Å²) >= 11 is 1.16. The molecule has 2 heterocycles. The molecule has 0 aliphatic carbocycles. The summed E-state index contributed by atoms with van der Waals surface area (Å²) in [6.07, 6.45) is 0. The Labute approximate surface area is 201 Å². The van der Waals surface area contributed by atoms with E-state index in [1.165, 1.54) is 10.2 Å². The third-order valence-electron chi connectivity index (χ3n) is 5.10. The molecule has 0 saturated carbocycles. The lowest BCUT2D eigenvalue weighted by molar-refractivity contribution is -0.113. The first-order chi connectivity index (χ1) is 16.4. The van der Waals surface area contributed by atoms with Gasteiger partial charge in [-0.15, -0.1) is 10.2 Å². The zero-order chi connectivity index (χ0) is 24.1. The average molecular weight is 479 g/mol. The maximum absolute atomic E-state index is 12.3. The van der Waals surface area contributed by atoms with Gasteiger partial charge in [0.2, 0.25) is 16.9 Å². The quantitative estimate of drug-likeness (QED) is 0.268. The summed E-state index contributed by atoms with van der Waals surface area (Å²) in [7, 11) is 0. The van der Waals surface area contributed by atoms with Gasteiger partial charge in [-0.2, -0.15) is 0 Å². The third kappa shape index (κ3) is 5.76. The number of carbonyl (C=O) groups excluding carboxylic acids is 1. The molecule has 4 rings (SSSR count).